The highest BCUT2D eigenvalue weighted by Gasteiger charge is 2.25. The molecule has 0 saturated carbocycles. The van der Waals surface area contributed by atoms with E-state index in [0.717, 1.165) is 5.75 Å². The Labute approximate surface area is 119 Å². The van der Waals surface area contributed by atoms with Crippen LogP contribution in [0.5, 0.6) is 0 Å². The van der Waals surface area contributed by atoms with E-state index in [1.807, 2.05) is 0 Å². The van der Waals surface area contributed by atoms with Crippen LogP contribution >= 0.6 is 11.8 Å². The molecule has 2 rings (SSSR count). The zero-order chi connectivity index (χ0) is 14.5. The fourth-order valence-electron chi connectivity index (χ4n) is 1.73. The Kier molecular flexibility index (Phi) is 4.52. The summed E-state index contributed by atoms with van der Waals surface area (Å²) in [6, 6.07) is 5.44. The zero-order valence-corrected chi connectivity index (χ0v) is 11.3. The smallest absolute Gasteiger partial charge is 0.269 e. The lowest BCUT2D eigenvalue weighted by Crippen LogP contribution is -2.35. The summed E-state index contributed by atoms with van der Waals surface area (Å²) < 4.78 is 0. The summed E-state index contributed by atoms with van der Waals surface area (Å²) in [7, 11) is 0. The first kappa shape index (κ1) is 14.3. The van der Waals surface area contributed by atoms with E-state index in [4.69, 9.17) is 0 Å². The van der Waals surface area contributed by atoms with Crippen LogP contribution in [-0.4, -0.2) is 27.7 Å². The van der Waals surface area contributed by atoms with Crippen molar-refractivity contribution in [1.82, 2.24) is 5.32 Å². The van der Waals surface area contributed by atoms with E-state index in [-0.39, 0.29) is 16.7 Å². The van der Waals surface area contributed by atoms with Crippen molar-refractivity contribution >= 4 is 34.5 Å². The minimum absolute atomic E-state index is 0.000165. The minimum atomic E-state index is -0.483. The minimum Gasteiger partial charge on any atom is -0.342 e. The largest absolute Gasteiger partial charge is 0.342 e. The molecule has 1 amide bonds. The van der Waals surface area contributed by atoms with Gasteiger partial charge in [-0.05, 0) is 30.2 Å². The first-order valence-corrected chi connectivity index (χ1v) is 6.94. The van der Waals surface area contributed by atoms with Crippen LogP contribution in [-0.2, 0) is 9.59 Å². The fraction of sp³-hybridized carbons (Fsp3) is 0.231. The number of hydrogen-bond acceptors (Lipinski definition) is 5. The molecule has 0 bridgehead atoms. The number of amides is 1. The van der Waals surface area contributed by atoms with Gasteiger partial charge in [-0.2, -0.15) is 0 Å². The number of thioether (sulfide) groups is 1. The normalized spacial score (nSPS) is 18.4. The highest BCUT2D eigenvalue weighted by atomic mass is 32.2. The van der Waals surface area contributed by atoms with E-state index in [9.17, 15) is 19.7 Å². The molecule has 1 unspecified atom stereocenters. The van der Waals surface area contributed by atoms with Gasteiger partial charge in [0.15, 0.2) is 0 Å². The summed E-state index contributed by atoms with van der Waals surface area (Å²) in [5.74, 6) is 0.389. The highest BCUT2D eigenvalue weighted by molar-refractivity contribution is 8.14. The second kappa shape index (κ2) is 6.33. The SMILES string of the molecule is O=C(C=Cc1ccc([N+](=O)[O-])cc1)NC1CCSC1=O. The van der Waals surface area contributed by atoms with Crippen LogP contribution in [0.1, 0.15) is 12.0 Å². The van der Waals surface area contributed by atoms with E-state index < -0.39 is 11.0 Å². The van der Waals surface area contributed by atoms with Crippen molar-refractivity contribution in [2.75, 3.05) is 5.75 Å². The Morgan fingerprint density at radius 2 is 2.10 bits per heavy atom. The Balaban J connectivity index is 1.93. The van der Waals surface area contributed by atoms with Crippen molar-refractivity contribution in [3.05, 3.63) is 46.0 Å². The van der Waals surface area contributed by atoms with Crippen molar-refractivity contribution in [2.24, 2.45) is 0 Å². The molecule has 1 heterocycles. The molecule has 0 aliphatic carbocycles. The van der Waals surface area contributed by atoms with Crippen molar-refractivity contribution in [3.63, 3.8) is 0 Å². The standard InChI is InChI=1S/C13H12N2O4S/c16-12(14-11-7-8-20-13(11)17)6-3-9-1-4-10(5-2-9)15(18)19/h1-6,11H,7-8H2,(H,14,16). The Morgan fingerprint density at radius 1 is 1.40 bits per heavy atom. The number of carbonyl (C=O) groups is 2. The molecule has 20 heavy (non-hydrogen) atoms. The average molecular weight is 292 g/mol. The molecule has 1 atom stereocenters. The Bertz CT molecular complexity index is 568. The third-order valence-corrected chi connectivity index (χ3v) is 3.79. The van der Waals surface area contributed by atoms with Gasteiger partial charge in [0.1, 0.15) is 0 Å². The first-order valence-electron chi connectivity index (χ1n) is 5.96. The van der Waals surface area contributed by atoms with Crippen LogP contribution in [0.15, 0.2) is 30.3 Å². The second-order valence-electron chi connectivity index (χ2n) is 4.20. The summed E-state index contributed by atoms with van der Waals surface area (Å²) >= 11 is 1.22. The molecule has 0 spiro atoms. The maximum absolute atomic E-state index is 11.6. The molecular weight excluding hydrogens is 280 g/mol. The van der Waals surface area contributed by atoms with Gasteiger partial charge >= 0.3 is 0 Å². The van der Waals surface area contributed by atoms with Gasteiger partial charge in [0.05, 0.1) is 11.0 Å². The molecule has 1 aliphatic rings. The molecule has 6 nitrogen and oxygen atoms in total. The summed E-state index contributed by atoms with van der Waals surface area (Å²) in [6.45, 7) is 0. The van der Waals surface area contributed by atoms with Crippen LogP contribution in [0.4, 0.5) is 5.69 Å². The van der Waals surface area contributed by atoms with Crippen LogP contribution in [0.25, 0.3) is 6.08 Å². The molecule has 0 radical (unpaired) electrons. The molecule has 1 fully saturated rings. The van der Waals surface area contributed by atoms with E-state index in [1.54, 1.807) is 18.2 Å². The van der Waals surface area contributed by atoms with Gasteiger partial charge < -0.3 is 5.32 Å². The monoisotopic (exact) mass is 292 g/mol. The molecule has 7 heteroatoms. The van der Waals surface area contributed by atoms with Crippen LogP contribution < -0.4 is 5.32 Å². The quantitative estimate of drug-likeness (QED) is 0.519. The van der Waals surface area contributed by atoms with Crippen LogP contribution in [0.3, 0.4) is 0 Å². The maximum atomic E-state index is 11.6. The molecule has 104 valence electrons. The number of rotatable bonds is 4. The molecule has 1 N–H and O–H groups in total. The van der Waals surface area contributed by atoms with Crippen LogP contribution in [0, 0.1) is 10.1 Å². The lowest BCUT2D eigenvalue weighted by atomic mass is 10.2. The summed E-state index contributed by atoms with van der Waals surface area (Å²) in [4.78, 5) is 33.0. The fourth-order valence-corrected chi connectivity index (χ4v) is 2.66. The molecule has 0 aromatic heterocycles. The Morgan fingerprint density at radius 3 is 2.65 bits per heavy atom. The number of carbonyl (C=O) groups excluding carboxylic acids is 2. The van der Waals surface area contributed by atoms with Crippen molar-refractivity contribution < 1.29 is 14.5 Å². The van der Waals surface area contributed by atoms with Gasteiger partial charge in [-0.25, -0.2) is 0 Å². The molecule has 1 aromatic carbocycles. The van der Waals surface area contributed by atoms with Crippen molar-refractivity contribution in [1.29, 1.82) is 0 Å². The van der Waals surface area contributed by atoms with Crippen molar-refractivity contribution in [3.8, 4) is 0 Å². The lowest BCUT2D eigenvalue weighted by molar-refractivity contribution is -0.384. The molecular formula is C13H12N2O4S. The van der Waals surface area contributed by atoms with Gasteiger partial charge in [-0.15, -0.1) is 0 Å². The summed E-state index contributed by atoms with van der Waals surface area (Å²) in [5.41, 5.74) is 0.679. The van der Waals surface area contributed by atoms with Gasteiger partial charge in [-0.1, -0.05) is 11.8 Å². The topological polar surface area (TPSA) is 89.3 Å². The van der Waals surface area contributed by atoms with Crippen LogP contribution in [0.2, 0.25) is 0 Å². The molecule has 1 aliphatic heterocycles. The third kappa shape index (κ3) is 3.67. The Hall–Kier alpha value is -2.15. The summed E-state index contributed by atoms with van der Waals surface area (Å²) in [6.07, 6.45) is 3.52. The lowest BCUT2D eigenvalue weighted by Gasteiger charge is -2.06. The van der Waals surface area contributed by atoms with E-state index in [2.05, 4.69) is 5.32 Å². The number of non-ortho nitro benzene ring substituents is 1. The first-order chi connectivity index (χ1) is 9.56. The number of nitrogens with zero attached hydrogens (tertiary/aromatic N) is 1. The maximum Gasteiger partial charge on any atom is 0.269 e. The molecule has 1 saturated heterocycles. The highest BCUT2D eigenvalue weighted by Crippen LogP contribution is 2.19. The number of nitro benzene ring substituents is 1. The predicted molar refractivity (Wildman–Crippen MR) is 76.1 cm³/mol. The van der Waals surface area contributed by atoms with Gasteiger partial charge in [-0.3, -0.25) is 19.7 Å². The third-order valence-electron chi connectivity index (χ3n) is 2.78. The number of hydrogen-bond donors (Lipinski definition) is 1. The van der Waals surface area contributed by atoms with Crippen molar-refractivity contribution in [2.45, 2.75) is 12.5 Å². The molecule has 1 aromatic rings. The average Bonchev–Trinajstić information content (AvgIpc) is 2.82. The summed E-state index contributed by atoms with van der Waals surface area (Å²) in [5, 5.41) is 13.1. The van der Waals surface area contributed by atoms with Gasteiger partial charge in [0.2, 0.25) is 11.0 Å². The van der Waals surface area contributed by atoms with Gasteiger partial charge in [0, 0.05) is 24.0 Å². The number of nitro groups is 1. The van der Waals surface area contributed by atoms with Gasteiger partial charge in [0.25, 0.3) is 5.69 Å². The van der Waals surface area contributed by atoms with E-state index >= 15 is 0 Å². The van der Waals surface area contributed by atoms with E-state index in [0.29, 0.717) is 12.0 Å². The number of benzene rings is 1. The number of nitrogens with one attached hydrogen (secondary N) is 1. The van der Waals surface area contributed by atoms with E-state index in [1.165, 1.54) is 30.0 Å². The zero-order valence-electron chi connectivity index (χ0n) is 10.4. The predicted octanol–water partition coefficient (Wildman–Crippen LogP) is 1.76. The second-order valence-corrected chi connectivity index (χ2v) is 5.30.